The molecular weight excluding hydrogens is 432 g/mol. The topological polar surface area (TPSA) is 137 Å². The van der Waals surface area contributed by atoms with Gasteiger partial charge in [0.1, 0.15) is 23.0 Å². The Balaban J connectivity index is 1.94. The van der Waals surface area contributed by atoms with E-state index in [0.717, 1.165) is 0 Å². The maximum atomic E-state index is 12.3. The molecule has 0 unspecified atom stereocenters. The first-order valence-electron chi connectivity index (χ1n) is 9.69. The molecule has 2 aromatic carbocycles. The molecule has 3 amide bonds. The molecule has 11 heteroatoms. The van der Waals surface area contributed by atoms with Gasteiger partial charge in [0.2, 0.25) is 5.91 Å². The molecule has 33 heavy (non-hydrogen) atoms. The zero-order chi connectivity index (χ0) is 24.4. The van der Waals surface area contributed by atoms with E-state index >= 15 is 0 Å². The second kappa shape index (κ2) is 11.9. The highest BCUT2D eigenvalue weighted by molar-refractivity contribution is 6.39. The van der Waals surface area contributed by atoms with Crippen LogP contribution in [0.4, 0.5) is 11.4 Å². The number of methoxy groups -OCH3 is 4. The summed E-state index contributed by atoms with van der Waals surface area (Å²) in [6.07, 6.45) is -0.124. The summed E-state index contributed by atoms with van der Waals surface area (Å²) >= 11 is 0. The van der Waals surface area contributed by atoms with Gasteiger partial charge >= 0.3 is 11.8 Å². The number of rotatable bonds is 9. The number of hydrazone groups is 1. The van der Waals surface area contributed by atoms with E-state index in [2.05, 4.69) is 21.2 Å². The van der Waals surface area contributed by atoms with Gasteiger partial charge in [0.05, 0.1) is 46.2 Å². The number of amides is 3. The number of ether oxygens (including phenoxy) is 4. The number of nitrogens with one attached hydrogen (secondary N) is 3. The lowest BCUT2D eigenvalue weighted by Gasteiger charge is -2.12. The van der Waals surface area contributed by atoms with E-state index in [1.165, 1.54) is 41.4 Å². The van der Waals surface area contributed by atoms with E-state index in [4.69, 9.17) is 18.9 Å². The molecule has 0 saturated heterocycles. The second-order valence-electron chi connectivity index (χ2n) is 6.60. The van der Waals surface area contributed by atoms with Gasteiger partial charge < -0.3 is 29.6 Å². The average molecular weight is 458 g/mol. The predicted molar refractivity (Wildman–Crippen MR) is 122 cm³/mol. The Morgan fingerprint density at radius 2 is 1.39 bits per heavy atom. The first kappa shape index (κ1) is 25.0. The molecule has 0 aromatic heterocycles. The predicted octanol–water partition coefficient (Wildman–Crippen LogP) is 2.18. The molecule has 0 heterocycles. The van der Waals surface area contributed by atoms with Crippen LogP contribution in [0.5, 0.6) is 23.0 Å². The van der Waals surface area contributed by atoms with Crippen molar-refractivity contribution in [3.05, 3.63) is 36.4 Å². The van der Waals surface area contributed by atoms with Crippen LogP contribution in [0.3, 0.4) is 0 Å². The number of hydrogen-bond acceptors (Lipinski definition) is 8. The molecule has 0 radical (unpaired) electrons. The summed E-state index contributed by atoms with van der Waals surface area (Å²) in [5.74, 6) is -0.547. The molecule has 0 saturated carbocycles. The van der Waals surface area contributed by atoms with E-state index < -0.39 is 11.8 Å². The average Bonchev–Trinajstić information content (AvgIpc) is 2.82. The fourth-order valence-electron chi connectivity index (χ4n) is 2.66. The van der Waals surface area contributed by atoms with Gasteiger partial charge in [-0.15, -0.1) is 0 Å². The van der Waals surface area contributed by atoms with Crippen molar-refractivity contribution in [3.8, 4) is 23.0 Å². The normalized spacial score (nSPS) is 10.6. The van der Waals surface area contributed by atoms with E-state index in [-0.39, 0.29) is 23.7 Å². The minimum Gasteiger partial charge on any atom is -0.497 e. The summed E-state index contributed by atoms with van der Waals surface area (Å²) < 4.78 is 20.6. The first-order chi connectivity index (χ1) is 15.8. The van der Waals surface area contributed by atoms with Crippen molar-refractivity contribution in [2.75, 3.05) is 39.1 Å². The molecule has 0 spiro atoms. The van der Waals surface area contributed by atoms with Crippen molar-refractivity contribution >= 4 is 34.8 Å². The number of carbonyl (C=O) groups is 3. The van der Waals surface area contributed by atoms with Crippen LogP contribution < -0.4 is 35.0 Å². The van der Waals surface area contributed by atoms with Crippen LogP contribution in [0.25, 0.3) is 0 Å². The van der Waals surface area contributed by atoms with Crippen molar-refractivity contribution in [1.29, 1.82) is 0 Å². The van der Waals surface area contributed by atoms with Gasteiger partial charge in [0, 0.05) is 17.8 Å². The highest BCUT2D eigenvalue weighted by atomic mass is 16.5. The van der Waals surface area contributed by atoms with E-state index in [9.17, 15) is 14.4 Å². The fraction of sp³-hybridized carbons (Fsp3) is 0.273. The van der Waals surface area contributed by atoms with Crippen LogP contribution in [0, 0.1) is 0 Å². The van der Waals surface area contributed by atoms with Gasteiger partial charge in [0.25, 0.3) is 0 Å². The van der Waals surface area contributed by atoms with Crippen LogP contribution in [0.15, 0.2) is 41.5 Å². The fourth-order valence-corrected chi connectivity index (χ4v) is 2.66. The van der Waals surface area contributed by atoms with Crippen LogP contribution in [0.2, 0.25) is 0 Å². The maximum Gasteiger partial charge on any atom is 0.329 e. The SMILES string of the molecule is COc1ccc(OC)c(NC(=O)C(=O)N/N=C(\C)CC(=O)Nc2ccc(OC)cc2OC)c1. The second-order valence-corrected chi connectivity index (χ2v) is 6.60. The minimum absolute atomic E-state index is 0.124. The quantitative estimate of drug-likeness (QED) is 0.298. The Hall–Kier alpha value is -4.28. The van der Waals surface area contributed by atoms with Gasteiger partial charge in [-0.1, -0.05) is 0 Å². The van der Waals surface area contributed by atoms with Gasteiger partial charge in [-0.3, -0.25) is 14.4 Å². The van der Waals surface area contributed by atoms with Crippen LogP contribution >= 0.6 is 0 Å². The molecule has 0 fully saturated rings. The van der Waals surface area contributed by atoms with Gasteiger partial charge in [0.15, 0.2) is 0 Å². The molecule has 0 aliphatic heterocycles. The summed E-state index contributed by atoms with van der Waals surface area (Å²) in [6, 6.07) is 9.69. The molecule has 0 bridgehead atoms. The number of nitrogens with zero attached hydrogens (tertiary/aromatic N) is 1. The zero-order valence-electron chi connectivity index (χ0n) is 19.0. The van der Waals surface area contributed by atoms with Gasteiger partial charge in [-0.25, -0.2) is 5.43 Å². The third kappa shape index (κ3) is 7.13. The Morgan fingerprint density at radius 1 is 0.758 bits per heavy atom. The number of benzene rings is 2. The molecule has 3 N–H and O–H groups in total. The lowest BCUT2D eigenvalue weighted by atomic mass is 10.2. The van der Waals surface area contributed by atoms with Crippen LogP contribution in [-0.4, -0.2) is 51.9 Å². The molecular formula is C22H26N4O7. The summed E-state index contributed by atoms with van der Waals surface area (Å²) in [5, 5.41) is 8.92. The van der Waals surface area contributed by atoms with E-state index in [1.54, 1.807) is 30.3 Å². The summed E-state index contributed by atoms with van der Waals surface area (Å²) in [7, 11) is 5.89. The number of carbonyl (C=O) groups excluding carboxylic acids is 3. The zero-order valence-corrected chi connectivity index (χ0v) is 19.0. The molecule has 176 valence electrons. The summed E-state index contributed by atoms with van der Waals surface area (Å²) in [6.45, 7) is 1.54. The summed E-state index contributed by atoms with van der Waals surface area (Å²) in [5.41, 5.74) is 3.10. The highest BCUT2D eigenvalue weighted by Gasteiger charge is 2.17. The third-order valence-corrected chi connectivity index (χ3v) is 4.31. The van der Waals surface area contributed by atoms with Crippen molar-refractivity contribution in [2.24, 2.45) is 5.10 Å². The van der Waals surface area contributed by atoms with Crippen molar-refractivity contribution < 1.29 is 33.3 Å². The molecule has 2 aromatic rings. The minimum atomic E-state index is -1.02. The molecule has 11 nitrogen and oxygen atoms in total. The Labute approximate surface area is 191 Å². The van der Waals surface area contributed by atoms with Crippen LogP contribution in [0.1, 0.15) is 13.3 Å². The van der Waals surface area contributed by atoms with E-state index in [1.807, 2.05) is 0 Å². The van der Waals surface area contributed by atoms with Gasteiger partial charge in [-0.2, -0.15) is 5.10 Å². The molecule has 2 rings (SSSR count). The maximum absolute atomic E-state index is 12.3. The van der Waals surface area contributed by atoms with Crippen molar-refractivity contribution in [3.63, 3.8) is 0 Å². The lowest BCUT2D eigenvalue weighted by Crippen LogP contribution is -2.33. The number of anilines is 2. The number of hydrogen-bond donors (Lipinski definition) is 3. The third-order valence-electron chi connectivity index (χ3n) is 4.31. The smallest absolute Gasteiger partial charge is 0.329 e. The Bertz CT molecular complexity index is 1050. The Morgan fingerprint density at radius 3 is 2.03 bits per heavy atom. The van der Waals surface area contributed by atoms with Crippen molar-refractivity contribution in [2.45, 2.75) is 13.3 Å². The molecule has 0 aliphatic carbocycles. The van der Waals surface area contributed by atoms with Crippen LogP contribution in [-0.2, 0) is 14.4 Å². The molecule has 0 atom stereocenters. The van der Waals surface area contributed by atoms with Gasteiger partial charge in [-0.05, 0) is 31.2 Å². The Kier molecular flexibility index (Phi) is 9.04. The van der Waals surface area contributed by atoms with E-state index in [0.29, 0.717) is 28.7 Å². The standard InChI is InChI=1S/C22H26N4O7/c1-13(10-20(27)23-16-8-6-15(31-3)12-19(16)33-5)25-26-22(29)21(28)24-17-11-14(30-2)7-9-18(17)32-4/h6-9,11-12H,10H2,1-5H3,(H,23,27)(H,24,28)(H,26,29)/b25-13+. The largest absolute Gasteiger partial charge is 0.497 e. The summed E-state index contributed by atoms with van der Waals surface area (Å²) in [4.78, 5) is 36.6. The molecule has 0 aliphatic rings. The van der Waals surface area contributed by atoms with Crippen molar-refractivity contribution in [1.82, 2.24) is 5.43 Å². The lowest BCUT2D eigenvalue weighted by molar-refractivity contribution is -0.136. The highest BCUT2D eigenvalue weighted by Crippen LogP contribution is 2.29. The first-order valence-corrected chi connectivity index (χ1v) is 9.69. The monoisotopic (exact) mass is 458 g/mol.